The Labute approximate surface area is 197 Å². The van der Waals surface area contributed by atoms with E-state index in [1.807, 2.05) is 24.3 Å². The number of aryl methyl sites for hydroxylation is 1. The molecule has 0 unspecified atom stereocenters. The Morgan fingerprint density at radius 2 is 1.88 bits per heavy atom. The minimum Gasteiger partial charge on any atom is -0.496 e. The maximum absolute atomic E-state index is 12.8. The van der Waals surface area contributed by atoms with Gasteiger partial charge in [-0.05, 0) is 18.2 Å². The van der Waals surface area contributed by atoms with Gasteiger partial charge in [0.2, 0.25) is 5.88 Å². The summed E-state index contributed by atoms with van der Waals surface area (Å²) in [5, 5.41) is 14.1. The summed E-state index contributed by atoms with van der Waals surface area (Å²) in [4.78, 5) is 29.4. The molecule has 3 heterocycles. The van der Waals surface area contributed by atoms with Crippen molar-refractivity contribution in [3.05, 3.63) is 47.8 Å². The molecule has 1 fully saturated rings. The first kappa shape index (κ1) is 23.3. The summed E-state index contributed by atoms with van der Waals surface area (Å²) in [6.07, 6.45) is 1.68. The van der Waals surface area contributed by atoms with Gasteiger partial charge in [-0.25, -0.2) is 0 Å². The number of ether oxygens (including phenoxy) is 2. The number of nitrogens with one attached hydrogen (secondary N) is 2. The van der Waals surface area contributed by atoms with E-state index in [0.29, 0.717) is 54.8 Å². The molecule has 34 heavy (non-hydrogen) atoms. The number of carbonyl (C=O) groups excluding carboxylic acids is 2. The molecular formula is C23H29N7O4. The van der Waals surface area contributed by atoms with Gasteiger partial charge in [-0.15, -0.1) is 5.10 Å². The van der Waals surface area contributed by atoms with Gasteiger partial charge < -0.3 is 19.7 Å². The number of aromatic nitrogens is 4. The van der Waals surface area contributed by atoms with Crippen LogP contribution in [-0.2, 0) is 7.05 Å². The number of hydrogen-bond donors (Lipinski definition) is 2. The number of nitrogens with zero attached hydrogens (tertiary/aromatic N) is 5. The van der Waals surface area contributed by atoms with Gasteiger partial charge in [-0.2, -0.15) is 5.10 Å². The molecule has 1 saturated heterocycles. The van der Waals surface area contributed by atoms with Crippen LogP contribution < -0.4 is 14.8 Å². The lowest BCUT2D eigenvalue weighted by atomic mass is 10.1. The van der Waals surface area contributed by atoms with Crippen LogP contribution in [0.1, 0.15) is 20.8 Å². The van der Waals surface area contributed by atoms with Crippen molar-refractivity contribution in [2.24, 2.45) is 7.05 Å². The molecule has 11 heteroatoms. The predicted molar refractivity (Wildman–Crippen MR) is 125 cm³/mol. The van der Waals surface area contributed by atoms with Crippen molar-refractivity contribution < 1.29 is 19.1 Å². The van der Waals surface area contributed by atoms with Gasteiger partial charge in [0.25, 0.3) is 11.8 Å². The van der Waals surface area contributed by atoms with Crippen molar-refractivity contribution >= 4 is 11.8 Å². The summed E-state index contributed by atoms with van der Waals surface area (Å²) in [5.41, 5.74) is 2.32. The van der Waals surface area contributed by atoms with Crippen LogP contribution in [0.15, 0.2) is 36.5 Å². The number of carbonyl (C=O) groups is 2. The monoisotopic (exact) mass is 467 g/mol. The number of methoxy groups -OCH3 is 2. The number of hydrogen-bond acceptors (Lipinski definition) is 7. The molecule has 0 aliphatic carbocycles. The second-order valence-corrected chi connectivity index (χ2v) is 7.98. The summed E-state index contributed by atoms with van der Waals surface area (Å²) < 4.78 is 12.1. The van der Waals surface area contributed by atoms with E-state index in [9.17, 15) is 9.59 Å². The van der Waals surface area contributed by atoms with E-state index in [1.54, 1.807) is 36.0 Å². The lowest BCUT2D eigenvalue weighted by Crippen LogP contribution is -2.50. The molecule has 1 aliphatic rings. The number of benzene rings is 1. The second kappa shape index (κ2) is 10.4. The first-order chi connectivity index (χ1) is 16.5. The molecule has 0 atom stereocenters. The zero-order chi connectivity index (χ0) is 24.1. The fraction of sp³-hybridized carbons (Fsp3) is 0.391. The molecule has 2 aromatic heterocycles. The van der Waals surface area contributed by atoms with Crippen molar-refractivity contribution in [1.29, 1.82) is 0 Å². The van der Waals surface area contributed by atoms with Crippen LogP contribution in [0.25, 0.3) is 11.3 Å². The SMILES string of the molecule is COc1ccccc1-c1cc(C(=O)NCCN2CCN(C(=O)c3cn(C)nc3OC)CC2)[nH]n1. The number of amides is 2. The highest BCUT2D eigenvalue weighted by molar-refractivity contribution is 5.96. The molecule has 180 valence electrons. The maximum atomic E-state index is 12.8. The molecule has 0 saturated carbocycles. The number of piperazine rings is 1. The van der Waals surface area contributed by atoms with E-state index < -0.39 is 0 Å². The van der Waals surface area contributed by atoms with Gasteiger partial charge in [0.1, 0.15) is 17.0 Å². The lowest BCUT2D eigenvalue weighted by Gasteiger charge is -2.34. The van der Waals surface area contributed by atoms with Gasteiger partial charge in [0.15, 0.2) is 0 Å². The zero-order valence-corrected chi connectivity index (χ0v) is 19.6. The maximum Gasteiger partial charge on any atom is 0.269 e. The van der Waals surface area contributed by atoms with E-state index in [0.717, 1.165) is 18.7 Å². The molecule has 3 aromatic rings. The van der Waals surface area contributed by atoms with Crippen LogP contribution in [0.5, 0.6) is 11.6 Å². The highest BCUT2D eigenvalue weighted by Gasteiger charge is 2.26. The molecule has 0 bridgehead atoms. The minimum atomic E-state index is -0.217. The quantitative estimate of drug-likeness (QED) is 0.508. The van der Waals surface area contributed by atoms with Gasteiger partial charge in [0, 0.05) is 58.1 Å². The van der Waals surface area contributed by atoms with Crippen molar-refractivity contribution in [2.45, 2.75) is 0 Å². The highest BCUT2D eigenvalue weighted by atomic mass is 16.5. The second-order valence-electron chi connectivity index (χ2n) is 7.98. The average molecular weight is 468 g/mol. The van der Waals surface area contributed by atoms with Gasteiger partial charge >= 0.3 is 0 Å². The van der Waals surface area contributed by atoms with Crippen molar-refractivity contribution in [1.82, 2.24) is 35.1 Å². The van der Waals surface area contributed by atoms with E-state index in [-0.39, 0.29) is 11.8 Å². The molecular weight excluding hydrogens is 438 g/mol. The minimum absolute atomic E-state index is 0.0806. The summed E-state index contributed by atoms with van der Waals surface area (Å²) in [7, 11) is 4.87. The number of aromatic amines is 1. The Morgan fingerprint density at radius 3 is 2.62 bits per heavy atom. The number of rotatable bonds is 8. The first-order valence-corrected chi connectivity index (χ1v) is 11.1. The van der Waals surface area contributed by atoms with E-state index in [2.05, 4.69) is 25.5 Å². The molecule has 11 nitrogen and oxygen atoms in total. The molecule has 1 aliphatic heterocycles. The van der Waals surface area contributed by atoms with Crippen molar-refractivity contribution in [2.75, 3.05) is 53.5 Å². The van der Waals surface area contributed by atoms with Crippen molar-refractivity contribution in [3.63, 3.8) is 0 Å². The van der Waals surface area contributed by atoms with Crippen LogP contribution in [-0.4, -0.2) is 95.1 Å². The number of para-hydroxylation sites is 1. The van der Waals surface area contributed by atoms with Gasteiger partial charge in [-0.3, -0.25) is 24.3 Å². The van der Waals surface area contributed by atoms with Crippen LogP contribution in [0.3, 0.4) is 0 Å². The Bertz CT molecular complexity index is 1150. The summed E-state index contributed by atoms with van der Waals surface area (Å²) >= 11 is 0. The van der Waals surface area contributed by atoms with E-state index >= 15 is 0 Å². The zero-order valence-electron chi connectivity index (χ0n) is 19.6. The predicted octanol–water partition coefficient (Wildman–Crippen LogP) is 1.02. The normalized spacial score (nSPS) is 14.1. The topological polar surface area (TPSA) is 118 Å². The molecule has 2 amide bonds. The van der Waals surface area contributed by atoms with E-state index in [1.165, 1.54) is 7.11 Å². The molecule has 0 radical (unpaired) electrons. The molecule has 0 spiro atoms. The summed E-state index contributed by atoms with van der Waals surface area (Å²) in [6.45, 7) is 3.85. The van der Waals surface area contributed by atoms with Crippen LogP contribution in [0.4, 0.5) is 0 Å². The average Bonchev–Trinajstić information content (AvgIpc) is 3.51. The van der Waals surface area contributed by atoms with Gasteiger partial charge in [-0.1, -0.05) is 12.1 Å². The van der Waals surface area contributed by atoms with E-state index in [4.69, 9.17) is 9.47 Å². The third-order valence-corrected chi connectivity index (χ3v) is 5.80. The van der Waals surface area contributed by atoms with Crippen LogP contribution in [0.2, 0.25) is 0 Å². The molecule has 1 aromatic carbocycles. The number of H-pyrrole nitrogens is 1. The third kappa shape index (κ3) is 5.04. The largest absolute Gasteiger partial charge is 0.496 e. The molecule has 4 rings (SSSR count). The Morgan fingerprint density at radius 1 is 1.12 bits per heavy atom. The fourth-order valence-electron chi connectivity index (χ4n) is 3.97. The first-order valence-electron chi connectivity index (χ1n) is 11.1. The Kier molecular flexibility index (Phi) is 7.12. The highest BCUT2D eigenvalue weighted by Crippen LogP contribution is 2.28. The van der Waals surface area contributed by atoms with Crippen LogP contribution >= 0.6 is 0 Å². The van der Waals surface area contributed by atoms with Crippen LogP contribution in [0, 0.1) is 0 Å². The molecule has 2 N–H and O–H groups in total. The lowest BCUT2D eigenvalue weighted by molar-refractivity contribution is 0.0634. The summed E-state index contributed by atoms with van der Waals surface area (Å²) in [6, 6.07) is 9.24. The van der Waals surface area contributed by atoms with Crippen molar-refractivity contribution in [3.8, 4) is 22.9 Å². The Hall–Kier alpha value is -3.86. The summed E-state index contributed by atoms with van der Waals surface area (Å²) in [5.74, 6) is 0.736. The third-order valence-electron chi connectivity index (χ3n) is 5.80. The fourth-order valence-corrected chi connectivity index (χ4v) is 3.97. The van der Waals surface area contributed by atoms with Gasteiger partial charge in [0.05, 0.1) is 19.9 Å². The standard InChI is InChI=1S/C23H29N7O4/c1-28-15-17(22(27-28)34-3)23(32)30-12-10-29(11-13-30)9-8-24-21(31)19-14-18(25-26-19)16-6-4-5-7-20(16)33-2/h4-7,14-15H,8-13H2,1-3H3,(H,24,31)(H,25,26). The smallest absolute Gasteiger partial charge is 0.269 e. The Balaban J connectivity index is 1.24.